The molecular formula is C18H22N2O2. The van der Waals surface area contributed by atoms with E-state index in [2.05, 4.69) is 37.2 Å². The molecule has 1 aromatic carbocycles. The van der Waals surface area contributed by atoms with E-state index in [0.717, 1.165) is 16.7 Å². The minimum Gasteiger partial charge on any atom is -0.491 e. The molecule has 0 bridgehead atoms. The van der Waals surface area contributed by atoms with Crippen LogP contribution in [0, 0.1) is 0 Å². The lowest BCUT2D eigenvalue weighted by Gasteiger charge is -2.11. The van der Waals surface area contributed by atoms with Crippen LogP contribution in [-0.4, -0.2) is 17.3 Å². The van der Waals surface area contributed by atoms with E-state index >= 15 is 0 Å². The van der Waals surface area contributed by atoms with Gasteiger partial charge in [0.15, 0.2) is 5.75 Å². The van der Waals surface area contributed by atoms with E-state index in [4.69, 9.17) is 4.74 Å². The predicted molar refractivity (Wildman–Crippen MR) is 93.0 cm³/mol. The fourth-order valence-corrected chi connectivity index (χ4v) is 2.01. The van der Waals surface area contributed by atoms with Gasteiger partial charge in [0.2, 0.25) is 0 Å². The highest BCUT2D eigenvalue weighted by Crippen LogP contribution is 2.31. The van der Waals surface area contributed by atoms with Gasteiger partial charge in [0.25, 0.3) is 0 Å². The second kappa shape index (κ2) is 8.62. The van der Waals surface area contributed by atoms with E-state index in [9.17, 15) is 4.79 Å². The van der Waals surface area contributed by atoms with E-state index in [1.54, 1.807) is 18.3 Å². The molecule has 0 spiro atoms. The van der Waals surface area contributed by atoms with Gasteiger partial charge >= 0.3 is 5.56 Å². The molecule has 1 N–H and O–H groups in total. The lowest BCUT2D eigenvalue weighted by Crippen LogP contribution is -2.12. The molecule has 0 atom stereocenters. The van der Waals surface area contributed by atoms with Crippen molar-refractivity contribution in [1.82, 2.24) is 10.2 Å². The van der Waals surface area contributed by atoms with Crippen molar-refractivity contribution >= 4 is 12.2 Å². The molecule has 116 valence electrons. The van der Waals surface area contributed by atoms with Crippen LogP contribution in [0.1, 0.15) is 31.4 Å². The third-order valence-corrected chi connectivity index (χ3v) is 2.87. The van der Waals surface area contributed by atoms with E-state index in [0.29, 0.717) is 5.56 Å². The van der Waals surface area contributed by atoms with Crippen LogP contribution in [0.15, 0.2) is 42.3 Å². The summed E-state index contributed by atoms with van der Waals surface area (Å²) in [6, 6.07) is 5.71. The molecule has 2 aromatic rings. The van der Waals surface area contributed by atoms with Crippen molar-refractivity contribution in [1.29, 1.82) is 0 Å². The van der Waals surface area contributed by atoms with Gasteiger partial charge in [0.1, 0.15) is 0 Å². The van der Waals surface area contributed by atoms with Crippen molar-refractivity contribution < 1.29 is 4.74 Å². The summed E-state index contributed by atoms with van der Waals surface area (Å²) >= 11 is 0. The van der Waals surface area contributed by atoms with Crippen molar-refractivity contribution in [3.63, 3.8) is 0 Å². The number of methoxy groups -OCH3 is 1. The van der Waals surface area contributed by atoms with Crippen LogP contribution in [0.25, 0.3) is 23.3 Å². The van der Waals surface area contributed by atoms with Crippen LogP contribution in [0.4, 0.5) is 0 Å². The molecule has 0 unspecified atom stereocenters. The van der Waals surface area contributed by atoms with E-state index in [1.165, 1.54) is 13.5 Å². The van der Waals surface area contributed by atoms with Crippen LogP contribution in [0.2, 0.25) is 0 Å². The van der Waals surface area contributed by atoms with Gasteiger partial charge < -0.3 is 4.74 Å². The zero-order chi connectivity index (χ0) is 16.5. The molecule has 0 saturated heterocycles. The van der Waals surface area contributed by atoms with Gasteiger partial charge in [-0.25, -0.2) is 5.10 Å². The Labute approximate surface area is 131 Å². The molecule has 1 aromatic heterocycles. The molecule has 4 nitrogen and oxygen atoms in total. The lowest BCUT2D eigenvalue weighted by atomic mass is 9.96. The smallest absolute Gasteiger partial charge is 0.307 e. The second-order valence-corrected chi connectivity index (χ2v) is 4.57. The third kappa shape index (κ3) is 3.73. The largest absolute Gasteiger partial charge is 0.491 e. The van der Waals surface area contributed by atoms with E-state index in [1.807, 2.05) is 18.2 Å². The number of hydrogen-bond acceptors (Lipinski definition) is 3. The summed E-state index contributed by atoms with van der Waals surface area (Å²) in [4.78, 5) is 11.7. The molecule has 0 fully saturated rings. The number of aromatic amines is 1. The zero-order valence-corrected chi connectivity index (χ0v) is 13.3. The molecular weight excluding hydrogens is 276 g/mol. The first-order valence-electron chi connectivity index (χ1n) is 7.14. The first kappa shape index (κ1) is 17.4. The van der Waals surface area contributed by atoms with Crippen LogP contribution < -0.4 is 10.3 Å². The predicted octanol–water partition coefficient (Wildman–Crippen LogP) is 4.15. The molecule has 0 aliphatic rings. The molecule has 0 saturated carbocycles. The average Bonchev–Trinajstić information content (AvgIpc) is 2.54. The minimum atomic E-state index is -0.362. The normalized spacial score (nSPS) is 9.41. The SMILES string of the molecule is C=Cc1cccc(-c2cn[nH]c(=O)c2OC)c1C=C.CCC. The Kier molecular flexibility index (Phi) is 6.83. The molecule has 0 aliphatic carbocycles. The maximum atomic E-state index is 11.7. The van der Waals surface area contributed by atoms with Crippen molar-refractivity contribution in [3.05, 3.63) is 59.0 Å². The van der Waals surface area contributed by atoms with E-state index in [-0.39, 0.29) is 11.3 Å². The van der Waals surface area contributed by atoms with E-state index < -0.39 is 0 Å². The highest BCUT2D eigenvalue weighted by molar-refractivity contribution is 5.82. The number of ether oxygens (including phenoxy) is 1. The van der Waals surface area contributed by atoms with Gasteiger partial charge in [-0.15, -0.1) is 0 Å². The second-order valence-electron chi connectivity index (χ2n) is 4.57. The number of rotatable bonds is 4. The van der Waals surface area contributed by atoms with Crippen molar-refractivity contribution in [2.45, 2.75) is 20.3 Å². The molecule has 0 radical (unpaired) electrons. The maximum Gasteiger partial charge on any atom is 0.307 e. The highest BCUT2D eigenvalue weighted by atomic mass is 16.5. The standard InChI is InChI=1S/C15H14N2O2.C3H8/c1-4-10-7-6-8-12(11(10)5-2)13-9-16-17-15(18)14(13)19-3;1-3-2/h4-9H,1-2H2,3H3,(H,17,18);3H2,1-2H3. The summed E-state index contributed by atoms with van der Waals surface area (Å²) in [5, 5.41) is 6.17. The number of H-pyrrole nitrogens is 1. The van der Waals surface area contributed by atoms with Gasteiger partial charge in [0, 0.05) is 0 Å². The Balaban J connectivity index is 0.000000745. The molecule has 0 amide bonds. The van der Waals surface area contributed by atoms with Crippen molar-refractivity contribution in [2.24, 2.45) is 0 Å². The summed E-state index contributed by atoms with van der Waals surface area (Å²) in [5.41, 5.74) is 2.93. The van der Waals surface area contributed by atoms with Gasteiger partial charge in [-0.05, 0) is 16.7 Å². The van der Waals surface area contributed by atoms with Crippen LogP contribution in [-0.2, 0) is 0 Å². The fraction of sp³-hybridized carbons (Fsp3) is 0.222. The number of hydrogen-bond donors (Lipinski definition) is 1. The Hall–Kier alpha value is -2.62. The average molecular weight is 298 g/mol. The topological polar surface area (TPSA) is 55.0 Å². The Morgan fingerprint density at radius 2 is 1.91 bits per heavy atom. The quantitative estimate of drug-likeness (QED) is 0.922. The Morgan fingerprint density at radius 1 is 1.23 bits per heavy atom. The number of nitrogens with one attached hydrogen (secondary N) is 1. The Bertz CT molecular complexity index is 702. The minimum absolute atomic E-state index is 0.235. The fourth-order valence-electron chi connectivity index (χ4n) is 2.01. The maximum absolute atomic E-state index is 11.7. The number of benzene rings is 1. The zero-order valence-electron chi connectivity index (χ0n) is 13.3. The van der Waals surface area contributed by atoms with Gasteiger partial charge in [0.05, 0.1) is 18.9 Å². The lowest BCUT2D eigenvalue weighted by molar-refractivity contribution is 0.408. The molecule has 22 heavy (non-hydrogen) atoms. The van der Waals surface area contributed by atoms with Gasteiger partial charge in [-0.3, -0.25) is 4.79 Å². The summed E-state index contributed by atoms with van der Waals surface area (Å²) < 4.78 is 5.16. The number of nitrogens with zero attached hydrogens (tertiary/aromatic N) is 1. The van der Waals surface area contributed by atoms with Crippen LogP contribution in [0.3, 0.4) is 0 Å². The first-order chi connectivity index (χ1) is 10.6. The molecule has 4 heteroatoms. The van der Waals surface area contributed by atoms with Crippen LogP contribution in [0.5, 0.6) is 5.75 Å². The molecule has 2 rings (SSSR count). The Morgan fingerprint density at radius 3 is 2.45 bits per heavy atom. The third-order valence-electron chi connectivity index (χ3n) is 2.87. The summed E-state index contributed by atoms with van der Waals surface area (Å²) in [6.07, 6.45) is 6.29. The van der Waals surface area contributed by atoms with Crippen molar-refractivity contribution in [3.8, 4) is 16.9 Å². The molecule has 0 aliphatic heterocycles. The summed E-state index contributed by atoms with van der Waals surface area (Å²) in [5.74, 6) is 0.235. The van der Waals surface area contributed by atoms with Gasteiger partial charge in [-0.1, -0.05) is 63.8 Å². The first-order valence-corrected chi connectivity index (χ1v) is 7.14. The summed E-state index contributed by atoms with van der Waals surface area (Å²) in [7, 11) is 1.46. The summed E-state index contributed by atoms with van der Waals surface area (Å²) in [6.45, 7) is 11.8. The highest BCUT2D eigenvalue weighted by Gasteiger charge is 2.13. The van der Waals surface area contributed by atoms with Crippen molar-refractivity contribution in [2.75, 3.05) is 7.11 Å². The van der Waals surface area contributed by atoms with Crippen LogP contribution >= 0.6 is 0 Å². The van der Waals surface area contributed by atoms with Gasteiger partial charge in [-0.2, -0.15) is 5.10 Å². The monoisotopic (exact) mass is 298 g/mol. The number of aromatic nitrogens is 2. The molecule has 1 heterocycles.